The molecule has 0 saturated carbocycles. The smallest absolute Gasteiger partial charge is 0.283 e. The van der Waals surface area contributed by atoms with Gasteiger partial charge in [0, 0.05) is 13.1 Å². The summed E-state index contributed by atoms with van der Waals surface area (Å²) in [6.45, 7) is 8.09. The lowest BCUT2D eigenvalue weighted by atomic mass is 10.1. The fourth-order valence-corrected chi connectivity index (χ4v) is 2.24. The maximum absolute atomic E-state index is 12.0. The maximum Gasteiger partial charge on any atom is 0.283 e. The van der Waals surface area contributed by atoms with Gasteiger partial charge in [0.05, 0.1) is 11.9 Å². The van der Waals surface area contributed by atoms with Gasteiger partial charge in [0.25, 0.3) is 5.56 Å². The lowest BCUT2D eigenvalue weighted by Gasteiger charge is -2.11. The van der Waals surface area contributed by atoms with Gasteiger partial charge < -0.3 is 5.32 Å². The number of anilines is 1. The third-order valence-electron chi connectivity index (χ3n) is 2.98. The number of nitrogens with zero attached hydrogens (tertiary/aromatic N) is 2. The topological polar surface area (TPSA) is 46.9 Å². The van der Waals surface area contributed by atoms with E-state index in [2.05, 4.69) is 47.1 Å². The number of hydrogen-bond donors (Lipinski definition) is 1. The first-order valence-electron chi connectivity index (χ1n) is 7.05. The summed E-state index contributed by atoms with van der Waals surface area (Å²) in [5.41, 5.74) is 0.740. The van der Waals surface area contributed by atoms with Gasteiger partial charge in [0.15, 0.2) is 0 Å². The average molecular weight is 330 g/mol. The molecule has 0 aliphatic rings. The third-order valence-corrected chi connectivity index (χ3v) is 3.75. The van der Waals surface area contributed by atoms with E-state index in [1.165, 1.54) is 11.1 Å². The molecule has 0 unspecified atom stereocenters. The van der Waals surface area contributed by atoms with Gasteiger partial charge in [-0.25, -0.2) is 4.68 Å². The van der Waals surface area contributed by atoms with Crippen molar-refractivity contribution >= 4 is 21.6 Å². The largest absolute Gasteiger partial charge is 0.383 e. The number of unbranched alkanes of at least 4 members (excludes halogenated alkanes) is 1. The van der Waals surface area contributed by atoms with E-state index in [1.54, 1.807) is 6.20 Å². The van der Waals surface area contributed by atoms with Gasteiger partial charge in [-0.05, 0) is 41.1 Å². The standard InChI is InChI=1S/C14H24BrN3O/c1-4-5-9-18-14(19)13(15)12(10-17-18)16-8-6-7-11(2)3/h10-11,16H,4-9H2,1-3H3. The molecule has 19 heavy (non-hydrogen) atoms. The van der Waals surface area contributed by atoms with Crippen LogP contribution in [0.1, 0.15) is 46.5 Å². The van der Waals surface area contributed by atoms with Gasteiger partial charge in [-0.2, -0.15) is 5.10 Å². The molecule has 0 fully saturated rings. The monoisotopic (exact) mass is 329 g/mol. The molecule has 1 aromatic heterocycles. The van der Waals surface area contributed by atoms with Crippen molar-refractivity contribution in [3.8, 4) is 0 Å². The second-order valence-corrected chi connectivity index (χ2v) is 6.01. The molecule has 1 aromatic rings. The molecule has 0 amide bonds. The summed E-state index contributed by atoms with van der Waals surface area (Å²) >= 11 is 3.37. The fraction of sp³-hybridized carbons (Fsp3) is 0.714. The maximum atomic E-state index is 12.0. The van der Waals surface area contributed by atoms with Crippen molar-refractivity contribution in [2.24, 2.45) is 5.92 Å². The highest BCUT2D eigenvalue weighted by Gasteiger charge is 2.08. The lowest BCUT2D eigenvalue weighted by Crippen LogP contribution is -2.24. The highest BCUT2D eigenvalue weighted by atomic mass is 79.9. The summed E-state index contributed by atoms with van der Waals surface area (Å²) in [5, 5.41) is 7.47. The average Bonchev–Trinajstić information content (AvgIpc) is 2.38. The Morgan fingerprint density at radius 3 is 2.79 bits per heavy atom. The highest BCUT2D eigenvalue weighted by Crippen LogP contribution is 2.16. The minimum atomic E-state index is -0.0534. The molecule has 4 nitrogen and oxygen atoms in total. The molecule has 1 N–H and O–H groups in total. The molecule has 0 aliphatic heterocycles. The second-order valence-electron chi connectivity index (χ2n) is 5.22. The van der Waals surface area contributed by atoms with Crippen molar-refractivity contribution in [1.82, 2.24) is 9.78 Å². The van der Waals surface area contributed by atoms with E-state index in [1.807, 2.05) is 0 Å². The van der Waals surface area contributed by atoms with Gasteiger partial charge >= 0.3 is 0 Å². The summed E-state index contributed by atoms with van der Waals surface area (Å²) in [7, 11) is 0. The van der Waals surface area contributed by atoms with Crippen LogP contribution in [0.3, 0.4) is 0 Å². The summed E-state index contributed by atoms with van der Waals surface area (Å²) in [4.78, 5) is 12.0. The Kier molecular flexibility index (Phi) is 7.13. The van der Waals surface area contributed by atoms with Crippen LogP contribution in [0.4, 0.5) is 5.69 Å². The zero-order valence-corrected chi connectivity index (χ0v) is 13.7. The molecule has 0 saturated heterocycles. The van der Waals surface area contributed by atoms with E-state index in [4.69, 9.17) is 0 Å². The van der Waals surface area contributed by atoms with Crippen molar-refractivity contribution in [2.75, 3.05) is 11.9 Å². The molecule has 0 bridgehead atoms. The molecule has 0 radical (unpaired) electrons. The number of aryl methyl sites for hydroxylation is 1. The number of hydrogen-bond acceptors (Lipinski definition) is 3. The van der Waals surface area contributed by atoms with E-state index in [-0.39, 0.29) is 5.56 Å². The molecule has 1 rings (SSSR count). The quantitative estimate of drug-likeness (QED) is 0.740. The van der Waals surface area contributed by atoms with Crippen LogP contribution in [0.25, 0.3) is 0 Å². The van der Waals surface area contributed by atoms with E-state index in [0.29, 0.717) is 16.9 Å². The molecule has 0 atom stereocenters. The Bertz CT molecular complexity index is 443. The zero-order chi connectivity index (χ0) is 14.3. The summed E-state index contributed by atoms with van der Waals surface area (Å²) in [5.74, 6) is 0.713. The van der Waals surface area contributed by atoms with E-state index in [9.17, 15) is 4.79 Å². The minimum absolute atomic E-state index is 0.0534. The van der Waals surface area contributed by atoms with Gasteiger partial charge in [0.2, 0.25) is 0 Å². The number of nitrogens with one attached hydrogen (secondary N) is 1. The minimum Gasteiger partial charge on any atom is -0.383 e. The van der Waals surface area contributed by atoms with Crippen molar-refractivity contribution in [3.05, 3.63) is 21.0 Å². The van der Waals surface area contributed by atoms with Crippen LogP contribution in [0.15, 0.2) is 15.5 Å². The summed E-state index contributed by atoms with van der Waals surface area (Å²) in [6, 6.07) is 0. The van der Waals surface area contributed by atoms with Gasteiger partial charge in [-0.15, -0.1) is 0 Å². The Labute approximate surface area is 123 Å². The molecule has 0 aromatic carbocycles. The molecular formula is C14H24BrN3O. The van der Waals surface area contributed by atoms with Crippen molar-refractivity contribution in [3.63, 3.8) is 0 Å². The van der Waals surface area contributed by atoms with Crippen LogP contribution in [0.2, 0.25) is 0 Å². The molecule has 108 valence electrons. The predicted octanol–water partition coefficient (Wildman–Crippen LogP) is 3.65. The molecule has 0 aliphatic carbocycles. The second kappa shape index (κ2) is 8.35. The highest BCUT2D eigenvalue weighted by molar-refractivity contribution is 9.10. The first-order valence-corrected chi connectivity index (χ1v) is 7.85. The van der Waals surface area contributed by atoms with Crippen molar-refractivity contribution in [1.29, 1.82) is 0 Å². The Balaban J connectivity index is 2.61. The summed E-state index contributed by atoms with van der Waals surface area (Å²) in [6.07, 6.45) is 6.05. The number of rotatable bonds is 8. The van der Waals surface area contributed by atoms with Crippen LogP contribution in [-0.4, -0.2) is 16.3 Å². The first-order chi connectivity index (χ1) is 9.06. The van der Waals surface area contributed by atoms with Crippen LogP contribution < -0.4 is 10.9 Å². The van der Waals surface area contributed by atoms with Crippen LogP contribution in [-0.2, 0) is 6.54 Å². The molecule has 1 heterocycles. The van der Waals surface area contributed by atoms with E-state index < -0.39 is 0 Å². The van der Waals surface area contributed by atoms with Gasteiger partial charge in [0.1, 0.15) is 4.47 Å². The number of aromatic nitrogens is 2. The Morgan fingerprint density at radius 1 is 1.42 bits per heavy atom. The summed E-state index contributed by atoms with van der Waals surface area (Å²) < 4.78 is 2.11. The number of halogens is 1. The Hall–Kier alpha value is -0.840. The Morgan fingerprint density at radius 2 is 2.16 bits per heavy atom. The van der Waals surface area contributed by atoms with Gasteiger partial charge in [-0.3, -0.25) is 4.79 Å². The van der Waals surface area contributed by atoms with E-state index >= 15 is 0 Å². The molecule has 0 spiro atoms. The fourth-order valence-electron chi connectivity index (χ4n) is 1.79. The zero-order valence-electron chi connectivity index (χ0n) is 12.1. The SMILES string of the molecule is CCCCn1ncc(NCCCC(C)C)c(Br)c1=O. The van der Waals surface area contributed by atoms with Crippen LogP contribution >= 0.6 is 15.9 Å². The third kappa shape index (κ3) is 5.35. The molecule has 5 heteroatoms. The first kappa shape index (κ1) is 16.2. The molecular weight excluding hydrogens is 306 g/mol. The normalized spacial score (nSPS) is 11.0. The predicted molar refractivity (Wildman–Crippen MR) is 83.7 cm³/mol. The van der Waals surface area contributed by atoms with Crippen molar-refractivity contribution in [2.45, 2.75) is 53.0 Å². The van der Waals surface area contributed by atoms with Crippen molar-refractivity contribution < 1.29 is 0 Å². The van der Waals surface area contributed by atoms with Crippen LogP contribution in [0, 0.1) is 5.92 Å². The van der Waals surface area contributed by atoms with E-state index in [0.717, 1.165) is 31.5 Å². The van der Waals surface area contributed by atoms with Crippen LogP contribution in [0.5, 0.6) is 0 Å². The van der Waals surface area contributed by atoms with Gasteiger partial charge in [-0.1, -0.05) is 27.2 Å². The lowest BCUT2D eigenvalue weighted by molar-refractivity contribution is 0.540.